The molecular weight excluding hydrogens is 1050 g/mol. The summed E-state index contributed by atoms with van der Waals surface area (Å²) in [6, 6.07) is 11.5. The van der Waals surface area contributed by atoms with Crippen molar-refractivity contribution >= 4 is 112 Å². The predicted molar refractivity (Wildman–Crippen MR) is 228 cm³/mol. The minimum Gasteiger partial charge on any atom is -0.506 e. The van der Waals surface area contributed by atoms with E-state index in [9.17, 15) is 60.9 Å². The van der Waals surface area contributed by atoms with Gasteiger partial charge in [0.1, 0.15) is 11.8 Å². The number of phenols is 1. The van der Waals surface area contributed by atoms with Gasteiger partial charge in [0.05, 0.1) is 43.1 Å². The first-order chi connectivity index (χ1) is 27.5. The van der Waals surface area contributed by atoms with E-state index in [4.69, 9.17) is 10.3 Å². The van der Waals surface area contributed by atoms with Crippen LogP contribution >= 0.6 is 45.2 Å². The van der Waals surface area contributed by atoms with Crippen LogP contribution in [0.1, 0.15) is 12.0 Å². The van der Waals surface area contributed by atoms with Gasteiger partial charge in [-0.25, -0.2) is 31.9 Å². The van der Waals surface area contributed by atoms with E-state index >= 15 is 0 Å². The Morgan fingerprint density at radius 1 is 0.661 bits per heavy atom. The number of hydrogen-bond donors (Lipinski definition) is 9. The number of primary sulfonamides is 2. The lowest BCUT2D eigenvalue weighted by Gasteiger charge is -2.26. The number of benzene rings is 3. The summed E-state index contributed by atoms with van der Waals surface area (Å²) in [6.45, 7) is -3.24. The Morgan fingerprint density at radius 3 is 1.49 bits per heavy atom. The van der Waals surface area contributed by atoms with Crippen LogP contribution in [0.3, 0.4) is 0 Å². The summed E-state index contributed by atoms with van der Waals surface area (Å²) < 4.78 is 47.5. The van der Waals surface area contributed by atoms with Crippen molar-refractivity contribution in [3.8, 4) is 5.75 Å². The molecule has 0 radical (unpaired) electrons. The molecule has 3 aromatic rings. The van der Waals surface area contributed by atoms with Crippen LogP contribution in [0.4, 0.5) is 11.4 Å². The summed E-state index contributed by atoms with van der Waals surface area (Å²) in [7, 11) is -8.02. The Labute approximate surface area is 365 Å². The van der Waals surface area contributed by atoms with Crippen LogP contribution in [0.2, 0.25) is 0 Å². The van der Waals surface area contributed by atoms with Crippen molar-refractivity contribution in [3.05, 3.63) is 73.4 Å². The number of sulfonamides is 2. The van der Waals surface area contributed by atoms with Crippen molar-refractivity contribution in [3.63, 3.8) is 0 Å². The van der Waals surface area contributed by atoms with Gasteiger partial charge in [-0.15, -0.1) is 0 Å². The number of carbonyl (C=O) groups excluding carboxylic acids is 4. The zero-order chi connectivity index (χ0) is 44.1. The first-order valence-electron chi connectivity index (χ1n) is 17.0. The van der Waals surface area contributed by atoms with Gasteiger partial charge in [0, 0.05) is 37.4 Å². The van der Waals surface area contributed by atoms with Crippen molar-refractivity contribution in [1.29, 1.82) is 0 Å². The minimum absolute atomic E-state index is 0.0272. The number of nitrogens with one attached hydrogen (secondary N) is 4. The maximum absolute atomic E-state index is 13.2. The molecule has 25 heteroatoms. The van der Waals surface area contributed by atoms with E-state index in [-0.39, 0.29) is 52.8 Å². The predicted octanol–water partition coefficient (Wildman–Crippen LogP) is -0.520. The molecule has 1 atom stereocenters. The molecule has 3 aromatic carbocycles. The van der Waals surface area contributed by atoms with Gasteiger partial charge in [-0.05, 0) is 118 Å². The minimum atomic E-state index is -4.02. The zero-order valence-electron chi connectivity index (χ0n) is 30.8. The number of carboxylic acids is 2. The van der Waals surface area contributed by atoms with Gasteiger partial charge in [-0.2, -0.15) is 0 Å². The number of hydrogen-bond acceptors (Lipinski definition) is 13. The molecule has 11 N–H and O–H groups in total. The lowest BCUT2D eigenvalue weighted by molar-refractivity contribution is -0.142. The van der Waals surface area contributed by atoms with E-state index in [1.54, 1.807) is 12.1 Å². The normalized spacial score (nSPS) is 12.1. The van der Waals surface area contributed by atoms with Gasteiger partial charge >= 0.3 is 11.9 Å². The molecule has 59 heavy (non-hydrogen) atoms. The van der Waals surface area contributed by atoms with E-state index < -0.39 is 94.4 Å². The molecule has 3 rings (SSSR count). The highest BCUT2D eigenvalue weighted by Gasteiger charge is 2.24. The van der Waals surface area contributed by atoms with Crippen molar-refractivity contribution < 1.29 is 60.9 Å². The molecule has 0 fully saturated rings. The summed E-state index contributed by atoms with van der Waals surface area (Å²) >= 11 is 3.91. The van der Waals surface area contributed by atoms with E-state index in [1.165, 1.54) is 34.1 Å². The monoisotopic (exact) mass is 1090 g/mol. The average molecular weight is 1090 g/mol. The second-order valence-electron chi connectivity index (χ2n) is 12.7. The smallest absolute Gasteiger partial charge is 0.328 e. The fourth-order valence-corrected chi connectivity index (χ4v) is 8.06. The number of aromatic hydroxyl groups is 1. The lowest BCUT2D eigenvalue weighted by Crippen LogP contribution is -2.52. The maximum atomic E-state index is 13.2. The van der Waals surface area contributed by atoms with Crippen LogP contribution in [-0.2, 0) is 55.2 Å². The van der Waals surface area contributed by atoms with Gasteiger partial charge in [-0.1, -0.05) is 0 Å². The van der Waals surface area contributed by atoms with E-state index in [1.807, 2.05) is 45.2 Å². The Kier molecular flexibility index (Phi) is 18.4. The largest absolute Gasteiger partial charge is 0.506 e. The SMILES string of the molecule is NS(=O)(=O)c1ccc(NC(=O)CN(CCN(CC(=O)Nc2ccc(S(N)(=O)=O)cc2)CC(=O)N[C@@H](CNC(=O)CCc2cc(I)c(O)c(I)c2)C(=O)O)CC(=O)O)cc1. The average Bonchev–Trinajstić information content (AvgIpc) is 3.12. The summed E-state index contributed by atoms with van der Waals surface area (Å²) in [4.78, 5) is 77.5. The number of anilines is 2. The van der Waals surface area contributed by atoms with Crippen molar-refractivity contribution in [2.75, 3.05) is 56.4 Å². The number of nitrogens with two attached hydrogens (primary N) is 2. The highest BCUT2D eigenvalue weighted by Crippen LogP contribution is 2.27. The maximum Gasteiger partial charge on any atom is 0.328 e. The number of rotatable bonds is 22. The summed E-state index contributed by atoms with van der Waals surface area (Å²) in [5.41, 5.74) is 1.10. The molecule has 320 valence electrons. The summed E-state index contributed by atoms with van der Waals surface area (Å²) in [6.07, 6.45) is 0.255. The fraction of sp³-hybridized carbons (Fsp3) is 0.294. The van der Waals surface area contributed by atoms with Crippen LogP contribution in [0.5, 0.6) is 5.75 Å². The highest BCUT2D eigenvalue weighted by molar-refractivity contribution is 14.1. The van der Waals surface area contributed by atoms with Crippen molar-refractivity contribution in [2.45, 2.75) is 28.7 Å². The Morgan fingerprint density at radius 2 is 1.08 bits per heavy atom. The van der Waals surface area contributed by atoms with Crippen LogP contribution in [0.15, 0.2) is 70.5 Å². The van der Waals surface area contributed by atoms with E-state index in [2.05, 4.69) is 21.3 Å². The molecule has 0 saturated heterocycles. The summed E-state index contributed by atoms with van der Waals surface area (Å²) in [5, 5.41) is 49.3. The van der Waals surface area contributed by atoms with Crippen molar-refractivity contribution in [1.82, 2.24) is 20.4 Å². The molecule has 0 saturated carbocycles. The van der Waals surface area contributed by atoms with Crippen LogP contribution in [0.25, 0.3) is 0 Å². The van der Waals surface area contributed by atoms with Gasteiger partial charge in [-0.3, -0.25) is 33.8 Å². The van der Waals surface area contributed by atoms with Crippen LogP contribution in [0, 0.1) is 7.14 Å². The summed E-state index contributed by atoms with van der Waals surface area (Å²) in [5.74, 6) is -5.50. The Balaban J connectivity index is 1.70. The molecular formula is C34H40I2N8O13S2. The van der Waals surface area contributed by atoms with Crippen LogP contribution < -0.4 is 31.5 Å². The molecule has 0 aliphatic rings. The first-order valence-corrected chi connectivity index (χ1v) is 22.2. The van der Waals surface area contributed by atoms with E-state index in [0.717, 1.165) is 29.8 Å². The van der Waals surface area contributed by atoms with Gasteiger partial charge in [0.25, 0.3) is 0 Å². The van der Waals surface area contributed by atoms with Gasteiger partial charge in [0.15, 0.2) is 0 Å². The standard InChI is InChI=1S/C34H40I2N8O13S2/c35-25-13-20(14-26(36)33(25)51)1-10-28(45)39-15-27(34(52)53)42-31(48)18-43(16-29(46)40-21-2-6-23(7-3-21)58(37,54)55)11-12-44(19-32(49)50)17-30(47)41-22-4-8-24(9-5-22)59(38,56)57/h2-9,13-14,27,51H,1,10-12,15-19H2,(H,39,45)(H,40,46)(H,41,47)(H,42,48)(H,49,50)(H,52,53)(H2,37,54,55)(H2,38,56,57)/t27-/m0/s1. The fourth-order valence-electron chi connectivity index (χ4n) is 5.13. The third kappa shape index (κ3) is 17.3. The number of phenolic OH excluding ortho intramolecular Hbond substituents is 1. The molecule has 0 aromatic heterocycles. The second kappa shape index (κ2) is 22.2. The van der Waals surface area contributed by atoms with E-state index in [0.29, 0.717) is 7.14 Å². The number of halogens is 2. The molecule has 4 amide bonds. The number of nitrogens with zero attached hydrogens (tertiary/aromatic N) is 2. The zero-order valence-corrected chi connectivity index (χ0v) is 36.7. The molecule has 21 nitrogen and oxygen atoms in total. The van der Waals surface area contributed by atoms with Crippen molar-refractivity contribution in [2.24, 2.45) is 10.3 Å². The Hall–Kier alpha value is -4.52. The van der Waals surface area contributed by atoms with Gasteiger partial charge in [0.2, 0.25) is 43.7 Å². The topological polar surface area (TPSA) is 338 Å². The van der Waals surface area contributed by atoms with Crippen LogP contribution in [-0.4, -0.2) is 129 Å². The molecule has 0 spiro atoms. The quantitative estimate of drug-likeness (QED) is 0.0572. The first kappa shape index (κ1) is 48.8. The number of aliphatic carboxylic acids is 2. The number of aryl methyl sites for hydroxylation is 1. The molecule has 0 bridgehead atoms. The number of carbonyl (C=O) groups is 6. The van der Waals surface area contributed by atoms with Gasteiger partial charge < -0.3 is 36.6 Å². The molecule has 0 heterocycles. The molecule has 0 aliphatic carbocycles. The third-order valence-electron chi connectivity index (χ3n) is 7.98. The molecule has 0 aliphatic heterocycles. The Bertz CT molecular complexity index is 2240. The lowest BCUT2D eigenvalue weighted by atomic mass is 10.1. The highest BCUT2D eigenvalue weighted by atomic mass is 127. The third-order valence-corrected chi connectivity index (χ3v) is 11.5. The second-order valence-corrected chi connectivity index (χ2v) is 18.2. The number of amides is 4. The molecule has 0 unspecified atom stereocenters. The number of carboxylic acid groups (broad SMARTS) is 2.